The van der Waals surface area contributed by atoms with E-state index < -0.39 is 0 Å². The summed E-state index contributed by atoms with van der Waals surface area (Å²) in [5, 5.41) is 10.8. The van der Waals surface area contributed by atoms with Gasteiger partial charge in [-0.3, -0.25) is 9.69 Å². The summed E-state index contributed by atoms with van der Waals surface area (Å²) in [7, 11) is 0. The van der Waals surface area contributed by atoms with Crippen LogP contribution in [0.1, 0.15) is 44.7 Å². The molecule has 1 saturated heterocycles. The minimum Gasteiger partial charge on any atom is -0.507 e. The molecule has 2 aromatic carbocycles. The summed E-state index contributed by atoms with van der Waals surface area (Å²) in [5.41, 5.74) is 2.08. The van der Waals surface area contributed by atoms with Crippen molar-refractivity contribution in [2.24, 2.45) is 0 Å². The van der Waals surface area contributed by atoms with Gasteiger partial charge in [-0.25, -0.2) is 0 Å². The van der Waals surface area contributed by atoms with E-state index in [0.29, 0.717) is 28.8 Å². The number of likely N-dealkylation sites (tertiary alicyclic amines) is 1. The first-order chi connectivity index (χ1) is 13.8. The van der Waals surface area contributed by atoms with Gasteiger partial charge in [0.25, 0.3) is 0 Å². The topological polar surface area (TPSA) is 62.9 Å². The molecular weight excluding hydrogens is 366 g/mol. The largest absolute Gasteiger partial charge is 0.507 e. The van der Waals surface area contributed by atoms with Gasteiger partial charge in [0.1, 0.15) is 23.3 Å². The lowest BCUT2D eigenvalue weighted by molar-refractivity contribution is 0.323. The number of hydrogen-bond acceptors (Lipinski definition) is 5. The first-order valence-corrected chi connectivity index (χ1v) is 10.1. The maximum Gasteiger partial charge on any atom is 0.235 e. The van der Waals surface area contributed by atoms with Gasteiger partial charge in [0.15, 0.2) is 0 Å². The summed E-state index contributed by atoms with van der Waals surface area (Å²) in [6, 6.07) is 10.9. The van der Waals surface area contributed by atoms with Crippen LogP contribution in [-0.4, -0.2) is 23.1 Å². The minimum atomic E-state index is -0.242. The number of rotatable bonds is 4. The van der Waals surface area contributed by atoms with Crippen molar-refractivity contribution >= 4 is 11.0 Å². The molecule has 5 nitrogen and oxygen atoms in total. The third kappa shape index (κ3) is 4.01. The van der Waals surface area contributed by atoms with Gasteiger partial charge >= 0.3 is 0 Å². The Balaban J connectivity index is 1.66. The molecule has 29 heavy (non-hydrogen) atoms. The summed E-state index contributed by atoms with van der Waals surface area (Å²) >= 11 is 0. The number of hydrogen-bond donors (Lipinski definition) is 1. The molecule has 1 aromatic heterocycles. The monoisotopic (exact) mass is 393 g/mol. The van der Waals surface area contributed by atoms with Crippen molar-refractivity contribution < 1.29 is 14.3 Å². The van der Waals surface area contributed by atoms with Crippen LogP contribution in [0.15, 0.2) is 51.9 Å². The van der Waals surface area contributed by atoms with Crippen LogP contribution in [0.5, 0.6) is 17.2 Å². The molecule has 0 saturated carbocycles. The second-order valence-electron chi connectivity index (χ2n) is 8.73. The molecule has 0 spiro atoms. The number of ether oxygens (including phenoxy) is 1. The van der Waals surface area contributed by atoms with Gasteiger partial charge in [-0.05, 0) is 61.2 Å². The summed E-state index contributed by atoms with van der Waals surface area (Å²) in [6.07, 6.45) is 3.65. The Morgan fingerprint density at radius 1 is 1.07 bits per heavy atom. The number of phenolic OH excluding ortho intramolecular Hbond substituents is 1. The van der Waals surface area contributed by atoms with Crippen LogP contribution in [0.4, 0.5) is 0 Å². The minimum absolute atomic E-state index is 0.0499. The number of phenols is 1. The van der Waals surface area contributed by atoms with Crippen LogP contribution in [0, 0.1) is 0 Å². The Kier molecular flexibility index (Phi) is 5.09. The van der Waals surface area contributed by atoms with Gasteiger partial charge in [-0.15, -0.1) is 0 Å². The van der Waals surface area contributed by atoms with Crippen molar-refractivity contribution in [3.8, 4) is 17.2 Å². The van der Waals surface area contributed by atoms with Gasteiger partial charge in [0, 0.05) is 6.54 Å². The molecule has 1 N–H and O–H groups in total. The SMILES string of the molecule is CC(C)(C)c1ccc(Oc2coc3c(CN4CCCC4)c(O)ccc3c2=O)cc1. The summed E-state index contributed by atoms with van der Waals surface area (Å²) in [4.78, 5) is 15.2. The predicted molar refractivity (Wildman–Crippen MR) is 114 cm³/mol. The number of aromatic hydroxyl groups is 1. The van der Waals surface area contributed by atoms with Crippen molar-refractivity contribution in [1.29, 1.82) is 0 Å². The van der Waals surface area contributed by atoms with Crippen LogP contribution in [-0.2, 0) is 12.0 Å². The lowest BCUT2D eigenvalue weighted by Gasteiger charge is -2.19. The Hall–Kier alpha value is -2.79. The molecule has 0 unspecified atom stereocenters. The van der Waals surface area contributed by atoms with E-state index in [2.05, 4.69) is 25.7 Å². The highest BCUT2D eigenvalue weighted by Gasteiger charge is 2.20. The fourth-order valence-corrected chi connectivity index (χ4v) is 3.77. The molecule has 4 rings (SSSR count). The fourth-order valence-electron chi connectivity index (χ4n) is 3.77. The van der Waals surface area contributed by atoms with E-state index in [1.165, 1.54) is 11.8 Å². The van der Waals surface area contributed by atoms with Crippen LogP contribution < -0.4 is 10.2 Å². The highest BCUT2D eigenvalue weighted by atomic mass is 16.5. The molecule has 0 radical (unpaired) electrons. The van der Waals surface area contributed by atoms with E-state index in [-0.39, 0.29) is 22.3 Å². The zero-order valence-electron chi connectivity index (χ0n) is 17.2. The Labute approximate surface area is 170 Å². The van der Waals surface area contributed by atoms with Gasteiger partial charge in [0.2, 0.25) is 11.2 Å². The van der Waals surface area contributed by atoms with Gasteiger partial charge in [0.05, 0.1) is 10.9 Å². The van der Waals surface area contributed by atoms with E-state index >= 15 is 0 Å². The van der Waals surface area contributed by atoms with E-state index in [9.17, 15) is 9.90 Å². The molecule has 1 aliphatic rings. The van der Waals surface area contributed by atoms with Crippen molar-refractivity contribution in [3.05, 3.63) is 64.0 Å². The molecular formula is C24H27NO4. The summed E-state index contributed by atoms with van der Waals surface area (Å²) in [5.74, 6) is 0.874. The third-order valence-electron chi connectivity index (χ3n) is 5.52. The molecule has 152 valence electrons. The first-order valence-electron chi connectivity index (χ1n) is 10.1. The Bertz CT molecular complexity index is 1070. The smallest absolute Gasteiger partial charge is 0.235 e. The molecule has 0 atom stereocenters. The van der Waals surface area contributed by atoms with Crippen molar-refractivity contribution in [2.45, 2.75) is 45.6 Å². The standard InChI is InChI=1S/C24H27NO4/c1-24(2,3)16-6-8-17(9-7-16)29-21-15-28-23-18(22(21)27)10-11-20(26)19(23)14-25-12-4-5-13-25/h6-11,15,26H,4-5,12-14H2,1-3H3. The lowest BCUT2D eigenvalue weighted by atomic mass is 9.87. The van der Waals surface area contributed by atoms with E-state index in [1.54, 1.807) is 12.1 Å². The van der Waals surface area contributed by atoms with Crippen molar-refractivity contribution in [1.82, 2.24) is 4.90 Å². The molecule has 2 heterocycles. The van der Waals surface area contributed by atoms with E-state index in [4.69, 9.17) is 9.15 Å². The van der Waals surface area contributed by atoms with Crippen molar-refractivity contribution in [3.63, 3.8) is 0 Å². The number of benzene rings is 2. The normalized spacial score (nSPS) is 15.1. The number of fused-ring (bicyclic) bond motifs is 1. The molecule has 5 heteroatoms. The second-order valence-corrected chi connectivity index (χ2v) is 8.73. The third-order valence-corrected chi connectivity index (χ3v) is 5.52. The molecule has 3 aromatic rings. The van der Waals surface area contributed by atoms with Crippen molar-refractivity contribution in [2.75, 3.05) is 13.1 Å². The highest BCUT2D eigenvalue weighted by molar-refractivity contribution is 5.83. The zero-order chi connectivity index (χ0) is 20.6. The Morgan fingerprint density at radius 3 is 2.41 bits per heavy atom. The van der Waals surface area contributed by atoms with Crippen LogP contribution in [0.2, 0.25) is 0 Å². The van der Waals surface area contributed by atoms with Crippen LogP contribution in [0.3, 0.4) is 0 Å². The maximum absolute atomic E-state index is 13.0. The van der Waals surface area contributed by atoms with E-state index in [0.717, 1.165) is 25.9 Å². The van der Waals surface area contributed by atoms with Crippen LogP contribution >= 0.6 is 0 Å². The average molecular weight is 393 g/mol. The number of nitrogens with zero attached hydrogens (tertiary/aromatic N) is 1. The molecule has 0 aliphatic carbocycles. The van der Waals surface area contributed by atoms with E-state index in [1.807, 2.05) is 24.3 Å². The zero-order valence-corrected chi connectivity index (χ0v) is 17.2. The second kappa shape index (κ2) is 7.56. The molecule has 1 aliphatic heterocycles. The van der Waals surface area contributed by atoms with Gasteiger partial charge < -0.3 is 14.3 Å². The van der Waals surface area contributed by atoms with Gasteiger partial charge in [-0.1, -0.05) is 32.9 Å². The maximum atomic E-state index is 13.0. The quantitative estimate of drug-likeness (QED) is 0.661. The first kappa shape index (κ1) is 19.5. The molecule has 0 amide bonds. The summed E-state index contributed by atoms with van der Waals surface area (Å²) < 4.78 is 11.6. The van der Waals surface area contributed by atoms with Crippen LogP contribution in [0.25, 0.3) is 11.0 Å². The lowest BCUT2D eigenvalue weighted by Crippen LogP contribution is -2.19. The Morgan fingerprint density at radius 2 is 1.76 bits per heavy atom. The van der Waals surface area contributed by atoms with Gasteiger partial charge in [-0.2, -0.15) is 0 Å². The summed E-state index contributed by atoms with van der Waals surface area (Å²) in [6.45, 7) is 9.00. The highest BCUT2D eigenvalue weighted by Crippen LogP contribution is 2.31. The predicted octanol–water partition coefficient (Wildman–Crippen LogP) is 5.18. The molecule has 1 fully saturated rings. The fraction of sp³-hybridized carbons (Fsp3) is 0.375. The average Bonchev–Trinajstić information content (AvgIpc) is 3.19. The molecule has 0 bridgehead atoms.